The monoisotopic (exact) mass is 480 g/mol. The number of aliphatic carboxylic acids is 1. The number of nitrogens with one attached hydrogen (secondary N) is 2. The highest BCUT2D eigenvalue weighted by atomic mass is 16.5. The molecule has 0 aliphatic heterocycles. The van der Waals surface area contributed by atoms with Crippen LogP contribution in [0.25, 0.3) is 11.1 Å². The van der Waals surface area contributed by atoms with Crippen molar-refractivity contribution in [1.82, 2.24) is 10.6 Å². The molecule has 1 atom stereocenters. The maximum Gasteiger partial charge on any atom is 0.407 e. The Morgan fingerprint density at radius 3 is 2.11 bits per heavy atom. The number of amides is 2. The summed E-state index contributed by atoms with van der Waals surface area (Å²) < 4.78 is 5.66. The number of hydrogen-bond acceptors (Lipinski definition) is 4. The molecular formula is C28H36N2O5. The summed E-state index contributed by atoms with van der Waals surface area (Å²) in [4.78, 5) is 35.8. The highest BCUT2D eigenvalue weighted by molar-refractivity contribution is 5.79. The number of hydrogen-bond donors (Lipinski definition) is 3. The van der Waals surface area contributed by atoms with E-state index < -0.39 is 18.1 Å². The quantitative estimate of drug-likeness (QED) is 0.389. The summed E-state index contributed by atoms with van der Waals surface area (Å²) >= 11 is 0. The Kier molecular flexibility index (Phi) is 8.90. The third kappa shape index (κ3) is 7.31. The first kappa shape index (κ1) is 26.3. The third-order valence-corrected chi connectivity index (χ3v) is 6.46. The van der Waals surface area contributed by atoms with Crippen LogP contribution in [0.15, 0.2) is 48.5 Å². The Morgan fingerprint density at radius 1 is 0.943 bits per heavy atom. The van der Waals surface area contributed by atoms with E-state index in [9.17, 15) is 14.4 Å². The molecule has 0 saturated carbocycles. The highest BCUT2D eigenvalue weighted by Crippen LogP contribution is 2.44. The van der Waals surface area contributed by atoms with Crippen LogP contribution in [-0.2, 0) is 14.3 Å². The van der Waals surface area contributed by atoms with Gasteiger partial charge in [-0.15, -0.1) is 0 Å². The number of carbonyl (C=O) groups excluding carboxylic acids is 2. The van der Waals surface area contributed by atoms with Gasteiger partial charge >= 0.3 is 12.1 Å². The fraction of sp³-hybridized carbons (Fsp3) is 0.464. The van der Waals surface area contributed by atoms with Gasteiger partial charge < -0.3 is 20.5 Å². The lowest BCUT2D eigenvalue weighted by atomic mass is 9.84. The first-order valence-corrected chi connectivity index (χ1v) is 12.3. The molecule has 35 heavy (non-hydrogen) atoms. The summed E-state index contributed by atoms with van der Waals surface area (Å²) in [6.45, 7) is 6.63. The van der Waals surface area contributed by atoms with Gasteiger partial charge in [0.15, 0.2) is 0 Å². The van der Waals surface area contributed by atoms with Gasteiger partial charge in [-0.25, -0.2) is 4.79 Å². The van der Waals surface area contributed by atoms with Crippen LogP contribution in [0.5, 0.6) is 0 Å². The Labute approximate surface area is 207 Å². The average Bonchev–Trinajstić information content (AvgIpc) is 3.12. The van der Waals surface area contributed by atoms with Crippen LogP contribution in [0, 0.1) is 5.41 Å². The minimum atomic E-state index is -0.804. The van der Waals surface area contributed by atoms with E-state index in [2.05, 4.69) is 34.9 Å². The zero-order chi connectivity index (χ0) is 25.4. The van der Waals surface area contributed by atoms with Crippen LogP contribution in [0.2, 0.25) is 0 Å². The molecule has 0 saturated heterocycles. The van der Waals surface area contributed by atoms with Crippen LogP contribution < -0.4 is 10.6 Å². The lowest BCUT2D eigenvalue weighted by molar-refractivity contribution is -0.137. The number of unbranched alkanes of at least 4 members (excludes halogenated alkanes) is 2. The van der Waals surface area contributed by atoms with Crippen LogP contribution in [0.3, 0.4) is 0 Å². The van der Waals surface area contributed by atoms with Crippen molar-refractivity contribution in [2.45, 2.75) is 64.8 Å². The van der Waals surface area contributed by atoms with Crippen molar-refractivity contribution >= 4 is 18.0 Å². The van der Waals surface area contributed by atoms with Crippen molar-refractivity contribution in [3.8, 4) is 11.1 Å². The molecule has 0 fully saturated rings. The lowest BCUT2D eigenvalue weighted by Crippen LogP contribution is -2.47. The van der Waals surface area contributed by atoms with E-state index in [-0.39, 0.29) is 36.7 Å². The molecule has 2 aromatic carbocycles. The summed E-state index contributed by atoms with van der Waals surface area (Å²) in [5, 5.41) is 14.4. The zero-order valence-corrected chi connectivity index (χ0v) is 20.8. The maximum absolute atomic E-state index is 12.7. The van der Waals surface area contributed by atoms with Crippen molar-refractivity contribution in [2.75, 3.05) is 13.2 Å². The maximum atomic E-state index is 12.7. The number of rotatable bonds is 11. The van der Waals surface area contributed by atoms with Crippen molar-refractivity contribution < 1.29 is 24.2 Å². The van der Waals surface area contributed by atoms with Crippen LogP contribution >= 0.6 is 0 Å². The van der Waals surface area contributed by atoms with Crippen LogP contribution in [0.1, 0.15) is 69.9 Å². The molecule has 1 aliphatic carbocycles. The minimum absolute atomic E-state index is 0.0225. The van der Waals surface area contributed by atoms with Crippen molar-refractivity contribution in [1.29, 1.82) is 0 Å². The molecule has 2 amide bonds. The SMILES string of the molecule is CC(C)(C)C(CC(=O)NCCCCCC(=O)O)NC(=O)OCC1c2ccccc2-c2ccccc21. The largest absolute Gasteiger partial charge is 0.481 e. The predicted octanol–water partition coefficient (Wildman–Crippen LogP) is 5.09. The minimum Gasteiger partial charge on any atom is -0.481 e. The normalized spacial score (nSPS) is 13.5. The number of benzene rings is 2. The molecule has 3 N–H and O–H groups in total. The number of alkyl carbamates (subject to hydrolysis) is 1. The van der Waals surface area contributed by atoms with Crippen molar-refractivity contribution in [2.24, 2.45) is 5.41 Å². The first-order chi connectivity index (χ1) is 16.7. The fourth-order valence-corrected chi connectivity index (χ4v) is 4.42. The van der Waals surface area contributed by atoms with E-state index in [1.165, 1.54) is 11.1 Å². The van der Waals surface area contributed by atoms with Crippen molar-refractivity contribution in [3.05, 3.63) is 59.7 Å². The molecule has 0 aromatic heterocycles. The molecule has 2 aromatic rings. The van der Waals surface area contributed by atoms with Gasteiger partial charge in [0.05, 0.1) is 0 Å². The third-order valence-electron chi connectivity index (χ3n) is 6.46. The Morgan fingerprint density at radius 2 is 1.54 bits per heavy atom. The van der Waals surface area contributed by atoms with Gasteiger partial charge in [-0.1, -0.05) is 75.7 Å². The van der Waals surface area contributed by atoms with Gasteiger partial charge in [-0.3, -0.25) is 9.59 Å². The Bertz CT molecular complexity index is 998. The summed E-state index contributed by atoms with van der Waals surface area (Å²) in [5.74, 6) is -0.978. The number of carboxylic acid groups (broad SMARTS) is 1. The molecule has 7 nitrogen and oxygen atoms in total. The van der Waals surface area contributed by atoms with Crippen molar-refractivity contribution in [3.63, 3.8) is 0 Å². The topological polar surface area (TPSA) is 105 Å². The molecule has 1 aliphatic rings. The number of ether oxygens (including phenoxy) is 1. The fourth-order valence-electron chi connectivity index (χ4n) is 4.42. The van der Waals surface area contributed by atoms with E-state index in [1.807, 2.05) is 45.0 Å². The van der Waals surface area contributed by atoms with Gasteiger partial charge in [0, 0.05) is 31.3 Å². The second-order valence-electron chi connectivity index (χ2n) is 10.1. The molecule has 0 spiro atoms. The molecule has 1 unspecified atom stereocenters. The summed E-state index contributed by atoms with van der Waals surface area (Å²) in [6.07, 6.45) is 1.81. The zero-order valence-electron chi connectivity index (χ0n) is 20.8. The molecule has 0 heterocycles. The Hall–Kier alpha value is -3.35. The second-order valence-corrected chi connectivity index (χ2v) is 10.1. The smallest absolute Gasteiger partial charge is 0.407 e. The van der Waals surface area contributed by atoms with E-state index in [1.54, 1.807) is 0 Å². The van der Waals surface area contributed by atoms with Gasteiger partial charge in [-0.2, -0.15) is 0 Å². The number of carbonyl (C=O) groups is 3. The van der Waals surface area contributed by atoms with E-state index in [4.69, 9.17) is 9.84 Å². The molecule has 7 heteroatoms. The molecule has 188 valence electrons. The second kappa shape index (κ2) is 11.9. The Balaban J connectivity index is 1.51. The molecule has 0 bridgehead atoms. The van der Waals surface area contributed by atoms with E-state index in [0.717, 1.165) is 24.0 Å². The van der Waals surface area contributed by atoms with E-state index in [0.29, 0.717) is 13.0 Å². The van der Waals surface area contributed by atoms with Gasteiger partial charge in [-0.05, 0) is 40.5 Å². The molecule has 0 radical (unpaired) electrons. The van der Waals surface area contributed by atoms with E-state index >= 15 is 0 Å². The predicted molar refractivity (Wildman–Crippen MR) is 135 cm³/mol. The standard InChI is InChI=1S/C28H36N2O5/c1-28(2,3)24(17-25(31)29-16-10-4-5-15-26(32)33)30-27(34)35-18-23-21-13-8-6-11-19(21)20-12-7-9-14-22(20)23/h6-9,11-14,23-24H,4-5,10,15-18H2,1-3H3,(H,29,31)(H,30,34)(H,32,33). The molecule has 3 rings (SSSR count). The summed E-state index contributed by atoms with van der Waals surface area (Å²) in [5.41, 5.74) is 4.30. The average molecular weight is 481 g/mol. The van der Waals surface area contributed by atoms with Gasteiger partial charge in [0.1, 0.15) is 6.61 Å². The number of carboxylic acids is 1. The summed E-state index contributed by atoms with van der Waals surface area (Å²) in [6, 6.07) is 16.0. The lowest BCUT2D eigenvalue weighted by Gasteiger charge is -2.31. The van der Waals surface area contributed by atoms with Crippen LogP contribution in [0.4, 0.5) is 4.79 Å². The van der Waals surface area contributed by atoms with Crippen LogP contribution in [-0.4, -0.2) is 42.3 Å². The highest BCUT2D eigenvalue weighted by Gasteiger charge is 2.31. The number of fused-ring (bicyclic) bond motifs is 3. The van der Waals surface area contributed by atoms with Gasteiger partial charge in [0.2, 0.25) is 5.91 Å². The summed E-state index contributed by atoms with van der Waals surface area (Å²) in [7, 11) is 0. The first-order valence-electron chi connectivity index (χ1n) is 12.3. The molecular weight excluding hydrogens is 444 g/mol. The van der Waals surface area contributed by atoms with Gasteiger partial charge in [0.25, 0.3) is 0 Å².